The number of nitrogens with one attached hydrogen (secondary N) is 1. The SMILES string of the molecule is O=C(Cc1csc(-c2ccccc2)n1)NN=Cc1cccnc1. The van der Waals surface area contributed by atoms with Gasteiger partial charge in [-0.05, 0) is 6.07 Å². The quantitative estimate of drug-likeness (QED) is 0.580. The number of amides is 1. The van der Waals surface area contributed by atoms with Crippen molar-refractivity contribution in [3.05, 3.63) is 71.5 Å². The van der Waals surface area contributed by atoms with Crippen LogP contribution >= 0.6 is 11.3 Å². The van der Waals surface area contributed by atoms with Crippen molar-refractivity contribution in [3.8, 4) is 10.6 Å². The minimum Gasteiger partial charge on any atom is -0.273 e. The van der Waals surface area contributed by atoms with E-state index in [0.29, 0.717) is 0 Å². The van der Waals surface area contributed by atoms with Gasteiger partial charge in [0.05, 0.1) is 18.3 Å². The number of aromatic nitrogens is 2. The fourth-order valence-corrected chi connectivity index (χ4v) is 2.76. The molecular formula is C17H14N4OS. The van der Waals surface area contributed by atoms with Crippen molar-refractivity contribution >= 4 is 23.5 Å². The third kappa shape index (κ3) is 4.31. The van der Waals surface area contributed by atoms with E-state index in [9.17, 15) is 4.79 Å². The highest BCUT2D eigenvalue weighted by molar-refractivity contribution is 7.13. The molecule has 0 saturated heterocycles. The maximum atomic E-state index is 11.9. The highest BCUT2D eigenvalue weighted by Gasteiger charge is 2.08. The molecule has 3 rings (SSSR count). The number of thiazole rings is 1. The Balaban J connectivity index is 1.56. The summed E-state index contributed by atoms with van der Waals surface area (Å²) in [5, 5.41) is 6.72. The molecule has 23 heavy (non-hydrogen) atoms. The molecule has 2 aromatic heterocycles. The Morgan fingerprint density at radius 2 is 2.09 bits per heavy atom. The van der Waals surface area contributed by atoms with Crippen molar-refractivity contribution in [2.75, 3.05) is 0 Å². The molecule has 1 amide bonds. The van der Waals surface area contributed by atoms with E-state index in [2.05, 4.69) is 20.5 Å². The van der Waals surface area contributed by atoms with Crippen molar-refractivity contribution in [3.63, 3.8) is 0 Å². The zero-order chi connectivity index (χ0) is 15.9. The Kier molecular flexibility index (Phi) is 4.85. The Bertz CT molecular complexity index is 800. The zero-order valence-corrected chi connectivity index (χ0v) is 13.0. The first-order valence-corrected chi connectivity index (χ1v) is 7.91. The van der Waals surface area contributed by atoms with E-state index in [1.165, 1.54) is 11.3 Å². The minimum atomic E-state index is -0.199. The first-order valence-electron chi connectivity index (χ1n) is 7.03. The maximum Gasteiger partial charge on any atom is 0.246 e. The van der Waals surface area contributed by atoms with Crippen molar-refractivity contribution in [1.82, 2.24) is 15.4 Å². The van der Waals surface area contributed by atoms with E-state index in [1.54, 1.807) is 18.6 Å². The molecular weight excluding hydrogens is 308 g/mol. The average Bonchev–Trinajstić information content (AvgIpc) is 3.05. The Labute approximate surface area is 137 Å². The van der Waals surface area contributed by atoms with Gasteiger partial charge in [0.25, 0.3) is 0 Å². The second-order valence-electron chi connectivity index (χ2n) is 4.77. The largest absolute Gasteiger partial charge is 0.273 e. The third-order valence-electron chi connectivity index (χ3n) is 3.00. The van der Waals surface area contributed by atoms with Crippen LogP contribution in [0.15, 0.2) is 65.3 Å². The molecule has 0 aliphatic carbocycles. The number of rotatable bonds is 5. The number of hydrogen-bond donors (Lipinski definition) is 1. The molecule has 3 aromatic rings. The molecule has 0 aliphatic rings. The predicted molar refractivity (Wildman–Crippen MR) is 91.2 cm³/mol. The number of nitrogens with zero attached hydrogens (tertiary/aromatic N) is 3. The molecule has 114 valence electrons. The molecule has 0 aliphatic heterocycles. The summed E-state index contributed by atoms with van der Waals surface area (Å²) < 4.78 is 0. The smallest absolute Gasteiger partial charge is 0.246 e. The fourth-order valence-electron chi connectivity index (χ4n) is 1.94. The van der Waals surface area contributed by atoms with Crippen LogP contribution in [0, 0.1) is 0 Å². The molecule has 6 heteroatoms. The summed E-state index contributed by atoms with van der Waals surface area (Å²) in [6, 6.07) is 13.6. The topological polar surface area (TPSA) is 67.2 Å². The summed E-state index contributed by atoms with van der Waals surface area (Å²) in [6.07, 6.45) is 5.11. The van der Waals surface area contributed by atoms with Crippen LogP contribution in [0.3, 0.4) is 0 Å². The lowest BCUT2D eigenvalue weighted by molar-refractivity contribution is -0.120. The van der Waals surface area contributed by atoms with Crippen LogP contribution in [0.25, 0.3) is 10.6 Å². The van der Waals surface area contributed by atoms with Crippen LogP contribution in [-0.2, 0) is 11.2 Å². The summed E-state index contributed by atoms with van der Waals surface area (Å²) in [7, 11) is 0. The van der Waals surface area contributed by atoms with Gasteiger partial charge in [-0.15, -0.1) is 11.3 Å². The lowest BCUT2D eigenvalue weighted by Crippen LogP contribution is -2.19. The molecule has 1 N–H and O–H groups in total. The second-order valence-corrected chi connectivity index (χ2v) is 5.62. The molecule has 0 bridgehead atoms. The first-order chi connectivity index (χ1) is 11.3. The highest BCUT2D eigenvalue weighted by Crippen LogP contribution is 2.23. The zero-order valence-electron chi connectivity index (χ0n) is 12.2. The standard InChI is InChI=1S/C17H14N4OS/c22-16(21-19-11-13-5-4-8-18-10-13)9-15-12-23-17(20-15)14-6-2-1-3-7-14/h1-8,10-12H,9H2,(H,21,22). The number of carbonyl (C=O) groups is 1. The number of hydrogen-bond acceptors (Lipinski definition) is 5. The number of pyridine rings is 1. The second kappa shape index (κ2) is 7.42. The normalized spacial score (nSPS) is 10.8. The lowest BCUT2D eigenvalue weighted by Gasteiger charge is -1.97. The molecule has 2 heterocycles. The summed E-state index contributed by atoms with van der Waals surface area (Å²) in [5.41, 5.74) is 5.12. The molecule has 5 nitrogen and oxygen atoms in total. The van der Waals surface area contributed by atoms with Gasteiger partial charge >= 0.3 is 0 Å². The maximum absolute atomic E-state index is 11.9. The number of hydrazone groups is 1. The summed E-state index contributed by atoms with van der Waals surface area (Å²) in [6.45, 7) is 0. The average molecular weight is 322 g/mol. The van der Waals surface area contributed by atoms with Crippen LogP contribution in [0.1, 0.15) is 11.3 Å². The molecule has 0 spiro atoms. The summed E-state index contributed by atoms with van der Waals surface area (Å²) in [5.74, 6) is -0.199. The van der Waals surface area contributed by atoms with Gasteiger partial charge in [-0.1, -0.05) is 36.4 Å². The number of carbonyl (C=O) groups excluding carboxylic acids is 1. The van der Waals surface area contributed by atoms with Crippen molar-refractivity contribution in [2.24, 2.45) is 5.10 Å². The van der Waals surface area contributed by atoms with Crippen molar-refractivity contribution in [2.45, 2.75) is 6.42 Å². The van der Waals surface area contributed by atoms with Gasteiger partial charge in [-0.3, -0.25) is 9.78 Å². The highest BCUT2D eigenvalue weighted by atomic mass is 32.1. The Morgan fingerprint density at radius 3 is 2.87 bits per heavy atom. The van der Waals surface area contributed by atoms with E-state index < -0.39 is 0 Å². The van der Waals surface area contributed by atoms with Gasteiger partial charge in [-0.25, -0.2) is 10.4 Å². The molecule has 0 unspecified atom stereocenters. The van der Waals surface area contributed by atoms with Crippen molar-refractivity contribution in [1.29, 1.82) is 0 Å². The number of benzene rings is 1. The van der Waals surface area contributed by atoms with Gasteiger partial charge in [0.1, 0.15) is 5.01 Å². The Hall–Kier alpha value is -2.86. The fraction of sp³-hybridized carbons (Fsp3) is 0.0588. The minimum absolute atomic E-state index is 0.199. The van der Waals surface area contributed by atoms with Crippen LogP contribution < -0.4 is 5.43 Å². The van der Waals surface area contributed by atoms with Crippen molar-refractivity contribution < 1.29 is 4.79 Å². The first kappa shape index (κ1) is 15.1. The molecule has 1 aromatic carbocycles. The summed E-state index contributed by atoms with van der Waals surface area (Å²) >= 11 is 1.53. The van der Waals surface area contributed by atoms with Gasteiger partial charge < -0.3 is 0 Å². The van der Waals surface area contributed by atoms with E-state index in [4.69, 9.17) is 0 Å². The Morgan fingerprint density at radius 1 is 1.22 bits per heavy atom. The third-order valence-corrected chi connectivity index (χ3v) is 3.94. The van der Waals surface area contributed by atoms with Crippen LogP contribution in [-0.4, -0.2) is 22.1 Å². The van der Waals surface area contributed by atoms with Gasteiger partial charge in [0.2, 0.25) is 5.91 Å². The predicted octanol–water partition coefficient (Wildman–Crippen LogP) is 2.90. The van der Waals surface area contributed by atoms with Crippen LogP contribution in [0.2, 0.25) is 0 Å². The summed E-state index contributed by atoms with van der Waals surface area (Å²) in [4.78, 5) is 20.3. The van der Waals surface area contributed by atoms with E-state index in [0.717, 1.165) is 21.8 Å². The van der Waals surface area contributed by atoms with E-state index >= 15 is 0 Å². The van der Waals surface area contributed by atoms with Gasteiger partial charge in [-0.2, -0.15) is 5.10 Å². The van der Waals surface area contributed by atoms with E-state index in [1.807, 2.05) is 47.8 Å². The molecule has 0 radical (unpaired) electrons. The van der Waals surface area contributed by atoms with Gasteiger partial charge in [0.15, 0.2) is 0 Å². The van der Waals surface area contributed by atoms with E-state index in [-0.39, 0.29) is 12.3 Å². The van der Waals surface area contributed by atoms with Crippen LogP contribution in [0.4, 0.5) is 0 Å². The van der Waals surface area contributed by atoms with Crippen LogP contribution in [0.5, 0.6) is 0 Å². The lowest BCUT2D eigenvalue weighted by atomic mass is 10.2. The molecule has 0 atom stereocenters. The molecule has 0 saturated carbocycles. The monoisotopic (exact) mass is 322 g/mol. The van der Waals surface area contributed by atoms with Gasteiger partial charge in [0, 0.05) is 28.9 Å². The molecule has 0 fully saturated rings.